The second kappa shape index (κ2) is 6.18. The molecule has 0 aromatic carbocycles. The van der Waals surface area contributed by atoms with Gasteiger partial charge in [-0.1, -0.05) is 0 Å². The number of carboxylic acids is 1. The van der Waals surface area contributed by atoms with Gasteiger partial charge in [-0.15, -0.1) is 0 Å². The summed E-state index contributed by atoms with van der Waals surface area (Å²) in [6, 6.07) is 0. The van der Waals surface area contributed by atoms with Crippen molar-refractivity contribution in [2.75, 3.05) is 6.54 Å². The lowest BCUT2D eigenvalue weighted by molar-refractivity contribution is -0.143. The fraction of sp³-hybridized carbons (Fsp3) is 0.750. The molecule has 2 saturated carbocycles. The third-order valence-corrected chi connectivity index (χ3v) is 4.97. The van der Waals surface area contributed by atoms with Crippen molar-refractivity contribution in [1.82, 2.24) is 15.1 Å². The molecule has 2 aliphatic rings. The van der Waals surface area contributed by atoms with Gasteiger partial charge >= 0.3 is 5.97 Å². The molecule has 1 aromatic heterocycles. The minimum atomic E-state index is -0.620. The smallest absolute Gasteiger partial charge is 0.306 e. The Morgan fingerprint density at radius 1 is 1.33 bits per heavy atom. The summed E-state index contributed by atoms with van der Waals surface area (Å²) in [4.78, 5) is 10.9. The van der Waals surface area contributed by atoms with Gasteiger partial charge in [0.25, 0.3) is 0 Å². The summed E-state index contributed by atoms with van der Waals surface area (Å²) in [5.41, 5.74) is 2.73. The topological polar surface area (TPSA) is 67.2 Å². The maximum atomic E-state index is 10.9. The Balaban J connectivity index is 1.44. The molecular formula is C16H25N3O2. The zero-order valence-corrected chi connectivity index (χ0v) is 12.7. The normalized spacial score (nSPS) is 26.0. The molecule has 0 radical (unpaired) electrons. The minimum absolute atomic E-state index is 0.110. The molecule has 5 heteroatoms. The Kier molecular flexibility index (Phi) is 4.29. The number of nitrogens with zero attached hydrogens (tertiary/aromatic N) is 2. The Hall–Kier alpha value is -1.36. The van der Waals surface area contributed by atoms with Gasteiger partial charge < -0.3 is 10.4 Å². The van der Waals surface area contributed by atoms with Crippen LogP contribution in [0.2, 0.25) is 0 Å². The molecule has 0 saturated heterocycles. The third kappa shape index (κ3) is 3.46. The monoisotopic (exact) mass is 291 g/mol. The van der Waals surface area contributed by atoms with Crippen LogP contribution in [0.15, 0.2) is 6.20 Å². The summed E-state index contributed by atoms with van der Waals surface area (Å²) >= 11 is 0. The van der Waals surface area contributed by atoms with Crippen molar-refractivity contribution in [2.45, 2.75) is 51.0 Å². The van der Waals surface area contributed by atoms with Gasteiger partial charge in [0.1, 0.15) is 0 Å². The summed E-state index contributed by atoms with van der Waals surface area (Å²) in [6.45, 7) is 1.88. The van der Waals surface area contributed by atoms with E-state index >= 15 is 0 Å². The van der Waals surface area contributed by atoms with E-state index in [1.807, 2.05) is 17.9 Å². The largest absolute Gasteiger partial charge is 0.481 e. The van der Waals surface area contributed by atoms with E-state index in [0.717, 1.165) is 44.7 Å². The average Bonchev–Trinajstić information content (AvgIpc) is 3.24. The molecule has 0 unspecified atom stereocenters. The highest BCUT2D eigenvalue weighted by molar-refractivity contribution is 5.69. The first kappa shape index (κ1) is 14.6. The maximum absolute atomic E-state index is 10.9. The van der Waals surface area contributed by atoms with Gasteiger partial charge in [-0.2, -0.15) is 5.10 Å². The first-order valence-electron chi connectivity index (χ1n) is 8.09. The summed E-state index contributed by atoms with van der Waals surface area (Å²) in [7, 11) is 2.03. The van der Waals surface area contributed by atoms with E-state index < -0.39 is 5.97 Å². The molecule has 3 rings (SSSR count). The van der Waals surface area contributed by atoms with E-state index in [-0.39, 0.29) is 5.92 Å². The van der Waals surface area contributed by atoms with Crippen LogP contribution in [-0.4, -0.2) is 27.4 Å². The molecule has 5 nitrogen and oxygen atoms in total. The highest BCUT2D eigenvalue weighted by Crippen LogP contribution is 2.41. The van der Waals surface area contributed by atoms with Crippen LogP contribution in [0.3, 0.4) is 0 Å². The molecule has 2 N–H and O–H groups in total. The lowest BCUT2D eigenvalue weighted by Crippen LogP contribution is -2.28. The quantitative estimate of drug-likeness (QED) is 0.844. The summed E-state index contributed by atoms with van der Waals surface area (Å²) in [6.07, 6.45) is 8.32. The standard InChI is InChI=1S/C16H25N3O2/c1-19-15(12-6-7-12)14(10-18-19)9-17-8-11-2-4-13(5-3-11)16(20)21/h10-13,17H,2-9H2,1H3,(H,20,21). The van der Waals surface area contributed by atoms with Crippen molar-refractivity contribution < 1.29 is 9.90 Å². The van der Waals surface area contributed by atoms with E-state index in [1.54, 1.807) is 0 Å². The van der Waals surface area contributed by atoms with Crippen LogP contribution in [0.25, 0.3) is 0 Å². The number of carbonyl (C=O) groups is 1. The third-order valence-electron chi connectivity index (χ3n) is 4.97. The Bertz CT molecular complexity index is 500. The number of nitrogens with one attached hydrogen (secondary N) is 1. The lowest BCUT2D eigenvalue weighted by atomic mass is 9.82. The first-order valence-corrected chi connectivity index (χ1v) is 8.09. The minimum Gasteiger partial charge on any atom is -0.481 e. The molecule has 2 fully saturated rings. The Morgan fingerprint density at radius 2 is 2.05 bits per heavy atom. The summed E-state index contributed by atoms with van der Waals surface area (Å²) in [5, 5.41) is 17.0. The predicted octanol–water partition coefficient (Wildman–Crippen LogP) is 2.28. The van der Waals surface area contributed by atoms with Crippen LogP contribution in [0.4, 0.5) is 0 Å². The van der Waals surface area contributed by atoms with Crippen LogP contribution in [0.1, 0.15) is 55.7 Å². The van der Waals surface area contributed by atoms with Crippen LogP contribution >= 0.6 is 0 Å². The molecule has 1 aromatic rings. The van der Waals surface area contributed by atoms with E-state index in [1.165, 1.54) is 24.1 Å². The Morgan fingerprint density at radius 3 is 2.67 bits per heavy atom. The lowest BCUT2D eigenvalue weighted by Gasteiger charge is -2.26. The average molecular weight is 291 g/mol. The predicted molar refractivity (Wildman–Crippen MR) is 80.0 cm³/mol. The van der Waals surface area contributed by atoms with Gasteiger partial charge in [0.2, 0.25) is 0 Å². The van der Waals surface area contributed by atoms with Gasteiger partial charge in [0.05, 0.1) is 12.1 Å². The molecule has 21 heavy (non-hydrogen) atoms. The summed E-state index contributed by atoms with van der Waals surface area (Å²) in [5.74, 6) is 0.619. The van der Waals surface area contributed by atoms with Crippen LogP contribution in [0, 0.1) is 11.8 Å². The zero-order chi connectivity index (χ0) is 14.8. The molecule has 0 bridgehead atoms. The van der Waals surface area contributed by atoms with E-state index in [9.17, 15) is 4.79 Å². The van der Waals surface area contributed by atoms with Crippen LogP contribution in [0.5, 0.6) is 0 Å². The van der Waals surface area contributed by atoms with E-state index in [0.29, 0.717) is 5.92 Å². The van der Waals surface area contributed by atoms with Crippen molar-refractivity contribution in [3.05, 3.63) is 17.5 Å². The maximum Gasteiger partial charge on any atom is 0.306 e. The van der Waals surface area contributed by atoms with Crippen molar-refractivity contribution >= 4 is 5.97 Å². The molecule has 2 aliphatic carbocycles. The SMILES string of the molecule is Cn1ncc(CNCC2CCC(C(=O)O)CC2)c1C1CC1. The van der Waals surface area contributed by atoms with Crippen molar-refractivity contribution in [1.29, 1.82) is 0 Å². The van der Waals surface area contributed by atoms with Gasteiger partial charge in [-0.3, -0.25) is 9.48 Å². The molecular weight excluding hydrogens is 266 g/mol. The second-order valence-electron chi connectivity index (χ2n) is 6.64. The zero-order valence-electron chi connectivity index (χ0n) is 12.7. The fourth-order valence-electron chi connectivity index (χ4n) is 3.54. The first-order chi connectivity index (χ1) is 10.1. The highest BCUT2D eigenvalue weighted by atomic mass is 16.4. The van der Waals surface area contributed by atoms with Gasteiger partial charge in [0, 0.05) is 30.8 Å². The van der Waals surface area contributed by atoms with Crippen molar-refractivity contribution in [2.24, 2.45) is 18.9 Å². The van der Waals surface area contributed by atoms with Gasteiger partial charge in [-0.05, 0) is 51.0 Å². The number of carboxylic acid groups (broad SMARTS) is 1. The van der Waals surface area contributed by atoms with Crippen LogP contribution in [-0.2, 0) is 18.4 Å². The van der Waals surface area contributed by atoms with Crippen LogP contribution < -0.4 is 5.32 Å². The molecule has 0 spiro atoms. The Labute approximate surface area is 125 Å². The number of aliphatic carboxylic acids is 1. The molecule has 1 heterocycles. The van der Waals surface area contributed by atoms with Gasteiger partial charge in [0.15, 0.2) is 0 Å². The number of hydrogen-bond acceptors (Lipinski definition) is 3. The number of hydrogen-bond donors (Lipinski definition) is 2. The molecule has 0 atom stereocenters. The fourth-order valence-corrected chi connectivity index (χ4v) is 3.54. The second-order valence-corrected chi connectivity index (χ2v) is 6.64. The number of aromatic nitrogens is 2. The number of aryl methyl sites for hydroxylation is 1. The molecule has 0 aliphatic heterocycles. The van der Waals surface area contributed by atoms with E-state index in [4.69, 9.17) is 5.11 Å². The molecule has 0 amide bonds. The molecule has 116 valence electrons. The van der Waals surface area contributed by atoms with Crippen molar-refractivity contribution in [3.8, 4) is 0 Å². The van der Waals surface area contributed by atoms with Crippen molar-refractivity contribution in [3.63, 3.8) is 0 Å². The summed E-state index contributed by atoms with van der Waals surface area (Å²) < 4.78 is 2.02. The van der Waals surface area contributed by atoms with Gasteiger partial charge in [-0.25, -0.2) is 0 Å². The van der Waals surface area contributed by atoms with E-state index in [2.05, 4.69) is 10.4 Å². The number of rotatable bonds is 6. The highest BCUT2D eigenvalue weighted by Gasteiger charge is 2.29.